The Labute approximate surface area is 86.1 Å². The van der Waals surface area contributed by atoms with E-state index in [0.29, 0.717) is 16.7 Å². The van der Waals surface area contributed by atoms with Crippen LogP contribution in [0.5, 0.6) is 0 Å². The Morgan fingerprint density at radius 3 is 2.86 bits per heavy atom. The lowest BCUT2D eigenvalue weighted by Gasteiger charge is -2.21. The lowest BCUT2D eigenvalue weighted by atomic mass is 9.85. The molecule has 14 heavy (non-hydrogen) atoms. The van der Waals surface area contributed by atoms with E-state index in [-0.39, 0.29) is 0 Å². The maximum atomic E-state index is 5.76. The first-order valence-electron chi connectivity index (χ1n) is 4.76. The Kier molecular flexibility index (Phi) is 1.74. The Bertz CT molecular complexity index is 476. The summed E-state index contributed by atoms with van der Waals surface area (Å²) in [7, 11) is 0. The zero-order chi connectivity index (χ0) is 9.54. The molecule has 0 aromatic carbocycles. The molecule has 0 amide bonds. The number of pyridine rings is 1. The topological polar surface area (TPSA) is 38.9 Å². The highest BCUT2D eigenvalue weighted by atomic mass is 35.5. The van der Waals surface area contributed by atoms with Gasteiger partial charge in [0.05, 0.1) is 0 Å². The molecule has 1 aliphatic carbocycles. The van der Waals surface area contributed by atoms with Gasteiger partial charge in [-0.2, -0.15) is 4.98 Å². The number of fused-ring (bicyclic) bond motifs is 1. The molecule has 2 aromatic heterocycles. The van der Waals surface area contributed by atoms with Crippen molar-refractivity contribution in [2.24, 2.45) is 0 Å². The smallest absolute Gasteiger partial charge is 0.200 e. The summed E-state index contributed by atoms with van der Waals surface area (Å²) < 4.78 is 5.59. The van der Waals surface area contributed by atoms with E-state index in [4.69, 9.17) is 16.0 Å². The summed E-state index contributed by atoms with van der Waals surface area (Å²) in [6.07, 6.45) is 3.64. The summed E-state index contributed by atoms with van der Waals surface area (Å²) in [6, 6.07) is 3.54. The van der Waals surface area contributed by atoms with Crippen LogP contribution < -0.4 is 0 Å². The highest BCUT2D eigenvalue weighted by molar-refractivity contribution is 6.29. The van der Waals surface area contributed by atoms with Gasteiger partial charge in [0.1, 0.15) is 5.15 Å². The molecule has 72 valence electrons. The van der Waals surface area contributed by atoms with E-state index in [9.17, 15) is 0 Å². The molecule has 1 fully saturated rings. The summed E-state index contributed by atoms with van der Waals surface area (Å²) >= 11 is 5.76. The van der Waals surface area contributed by atoms with E-state index in [2.05, 4.69) is 9.97 Å². The van der Waals surface area contributed by atoms with Gasteiger partial charge < -0.3 is 4.42 Å². The summed E-state index contributed by atoms with van der Waals surface area (Å²) in [6.45, 7) is 0. The van der Waals surface area contributed by atoms with Crippen LogP contribution in [0.2, 0.25) is 5.15 Å². The van der Waals surface area contributed by atoms with Crippen molar-refractivity contribution in [1.82, 2.24) is 9.97 Å². The second-order valence-electron chi connectivity index (χ2n) is 3.64. The first-order valence-corrected chi connectivity index (χ1v) is 5.14. The van der Waals surface area contributed by atoms with Crippen LogP contribution in [0.3, 0.4) is 0 Å². The van der Waals surface area contributed by atoms with Gasteiger partial charge in [0.25, 0.3) is 0 Å². The van der Waals surface area contributed by atoms with E-state index >= 15 is 0 Å². The maximum Gasteiger partial charge on any atom is 0.200 e. The third-order valence-corrected chi connectivity index (χ3v) is 2.90. The minimum Gasteiger partial charge on any atom is -0.439 e. The number of rotatable bonds is 1. The molecule has 0 atom stereocenters. The van der Waals surface area contributed by atoms with Crippen molar-refractivity contribution >= 4 is 22.8 Å². The van der Waals surface area contributed by atoms with Crippen LogP contribution in [-0.2, 0) is 0 Å². The van der Waals surface area contributed by atoms with Crippen LogP contribution in [0.15, 0.2) is 16.5 Å². The van der Waals surface area contributed by atoms with E-state index in [0.717, 1.165) is 11.5 Å². The van der Waals surface area contributed by atoms with Gasteiger partial charge in [0, 0.05) is 5.92 Å². The predicted octanol–water partition coefficient (Wildman–Crippen LogP) is 3.14. The van der Waals surface area contributed by atoms with Crippen molar-refractivity contribution < 1.29 is 4.42 Å². The first kappa shape index (κ1) is 8.24. The van der Waals surface area contributed by atoms with Gasteiger partial charge in [0.2, 0.25) is 0 Å². The van der Waals surface area contributed by atoms with E-state index in [1.807, 2.05) is 6.07 Å². The van der Waals surface area contributed by atoms with Crippen LogP contribution in [0, 0.1) is 0 Å². The van der Waals surface area contributed by atoms with Gasteiger partial charge in [0.15, 0.2) is 17.1 Å². The molecule has 2 heterocycles. The monoisotopic (exact) mass is 208 g/mol. The second-order valence-corrected chi connectivity index (χ2v) is 4.02. The van der Waals surface area contributed by atoms with Crippen molar-refractivity contribution in [2.45, 2.75) is 25.2 Å². The zero-order valence-electron chi connectivity index (χ0n) is 7.53. The number of hydrogen-bond donors (Lipinski definition) is 0. The average Bonchev–Trinajstić information content (AvgIpc) is 2.43. The van der Waals surface area contributed by atoms with Crippen LogP contribution in [0.1, 0.15) is 31.1 Å². The van der Waals surface area contributed by atoms with Crippen molar-refractivity contribution in [3.63, 3.8) is 0 Å². The highest BCUT2D eigenvalue weighted by Gasteiger charge is 2.24. The minimum atomic E-state index is 0.464. The molecular weight excluding hydrogens is 200 g/mol. The van der Waals surface area contributed by atoms with Gasteiger partial charge in [-0.1, -0.05) is 18.0 Å². The normalized spacial score (nSPS) is 17.2. The number of halogens is 1. The number of aromatic nitrogens is 2. The molecular formula is C10H9ClN2O. The molecule has 4 heteroatoms. The SMILES string of the molecule is Clc1ccc2oc(C3CCC3)nc2n1. The predicted molar refractivity (Wildman–Crippen MR) is 53.4 cm³/mol. The molecule has 1 saturated carbocycles. The van der Waals surface area contributed by atoms with Crippen molar-refractivity contribution in [3.8, 4) is 0 Å². The van der Waals surface area contributed by atoms with Gasteiger partial charge >= 0.3 is 0 Å². The summed E-state index contributed by atoms with van der Waals surface area (Å²) in [4.78, 5) is 8.43. The summed E-state index contributed by atoms with van der Waals surface area (Å²) in [5, 5.41) is 0.464. The van der Waals surface area contributed by atoms with Gasteiger partial charge in [-0.15, -0.1) is 0 Å². The van der Waals surface area contributed by atoms with E-state index < -0.39 is 0 Å². The zero-order valence-corrected chi connectivity index (χ0v) is 8.29. The molecule has 0 saturated heterocycles. The van der Waals surface area contributed by atoms with Gasteiger partial charge in [-0.3, -0.25) is 0 Å². The average molecular weight is 209 g/mol. The number of oxazole rings is 1. The van der Waals surface area contributed by atoms with Crippen LogP contribution in [0.4, 0.5) is 0 Å². The Morgan fingerprint density at radius 1 is 1.29 bits per heavy atom. The van der Waals surface area contributed by atoms with Crippen molar-refractivity contribution in [2.75, 3.05) is 0 Å². The van der Waals surface area contributed by atoms with Gasteiger partial charge in [-0.25, -0.2) is 4.98 Å². The van der Waals surface area contributed by atoms with Crippen molar-refractivity contribution in [1.29, 1.82) is 0 Å². The van der Waals surface area contributed by atoms with E-state index in [1.54, 1.807) is 6.07 Å². The lowest BCUT2D eigenvalue weighted by Crippen LogP contribution is -2.08. The lowest BCUT2D eigenvalue weighted by molar-refractivity contribution is 0.344. The molecule has 3 nitrogen and oxygen atoms in total. The molecule has 2 aromatic rings. The fraction of sp³-hybridized carbons (Fsp3) is 0.400. The largest absolute Gasteiger partial charge is 0.439 e. The molecule has 1 aliphatic rings. The third kappa shape index (κ3) is 1.20. The molecule has 0 N–H and O–H groups in total. The van der Waals surface area contributed by atoms with E-state index in [1.165, 1.54) is 19.3 Å². The fourth-order valence-electron chi connectivity index (χ4n) is 1.64. The summed E-state index contributed by atoms with van der Waals surface area (Å²) in [5.41, 5.74) is 1.36. The Morgan fingerprint density at radius 2 is 2.14 bits per heavy atom. The molecule has 0 spiro atoms. The molecule has 0 radical (unpaired) electrons. The molecule has 0 bridgehead atoms. The van der Waals surface area contributed by atoms with Crippen LogP contribution >= 0.6 is 11.6 Å². The second kappa shape index (κ2) is 2.95. The molecule has 0 unspecified atom stereocenters. The quantitative estimate of drug-likeness (QED) is 0.676. The molecule has 3 rings (SSSR count). The molecule has 0 aliphatic heterocycles. The summed E-state index contributed by atoms with van der Waals surface area (Å²) in [5.74, 6) is 1.32. The third-order valence-electron chi connectivity index (χ3n) is 2.69. The maximum absolute atomic E-state index is 5.76. The number of nitrogens with zero attached hydrogens (tertiary/aromatic N) is 2. The van der Waals surface area contributed by atoms with Gasteiger partial charge in [-0.05, 0) is 25.0 Å². The Hall–Kier alpha value is -1.09. The standard InChI is InChI=1S/C10H9ClN2O/c11-8-5-4-7-9(12-8)13-10(14-7)6-2-1-3-6/h4-6H,1-3H2. The number of hydrogen-bond acceptors (Lipinski definition) is 3. The van der Waals surface area contributed by atoms with Crippen molar-refractivity contribution in [3.05, 3.63) is 23.2 Å². The van der Waals surface area contributed by atoms with Crippen LogP contribution in [0.25, 0.3) is 11.2 Å². The first-order chi connectivity index (χ1) is 6.83. The minimum absolute atomic E-state index is 0.464. The van der Waals surface area contributed by atoms with Crippen LogP contribution in [-0.4, -0.2) is 9.97 Å². The fourth-order valence-corrected chi connectivity index (χ4v) is 1.79. The highest BCUT2D eigenvalue weighted by Crippen LogP contribution is 2.36. The Balaban J connectivity index is 2.10.